The van der Waals surface area contributed by atoms with Crippen molar-refractivity contribution < 1.29 is 0 Å². The minimum Gasteiger partial charge on any atom is -0.312 e. The average molecular weight is 197 g/mol. The summed E-state index contributed by atoms with van der Waals surface area (Å²) in [5, 5.41) is 3.98. The average Bonchev–Trinajstić information content (AvgIpc) is 2.15. The lowest BCUT2D eigenvalue weighted by molar-refractivity contribution is 0.695. The summed E-state index contributed by atoms with van der Waals surface area (Å²) in [6.45, 7) is 5.37. The number of rotatable bonds is 5. The minimum atomic E-state index is 0.716. The Labute approximate surface area is 83.6 Å². The molecule has 0 amide bonds. The van der Waals surface area contributed by atoms with Crippen molar-refractivity contribution in [1.29, 1.82) is 0 Å². The molecule has 2 nitrogen and oxygen atoms in total. The van der Waals surface area contributed by atoms with Gasteiger partial charge < -0.3 is 5.32 Å². The van der Waals surface area contributed by atoms with Gasteiger partial charge in [0.1, 0.15) is 0 Å². The van der Waals surface area contributed by atoms with E-state index >= 15 is 0 Å². The van der Waals surface area contributed by atoms with Gasteiger partial charge in [0.2, 0.25) is 0 Å². The third kappa shape index (κ3) is 3.57. The van der Waals surface area contributed by atoms with Crippen molar-refractivity contribution >= 4 is 11.6 Å². The molecule has 0 spiro atoms. The third-order valence-corrected chi connectivity index (χ3v) is 2.04. The topological polar surface area (TPSA) is 24.9 Å². The fourth-order valence-electron chi connectivity index (χ4n) is 0.975. The zero-order valence-corrected chi connectivity index (χ0v) is 8.22. The number of pyridine rings is 1. The van der Waals surface area contributed by atoms with E-state index < -0.39 is 0 Å². The summed E-state index contributed by atoms with van der Waals surface area (Å²) in [6.07, 6.45) is 6.27. The Bertz CT molecular complexity index is 273. The molecular weight excluding hydrogens is 184 g/mol. The number of nitrogens with one attached hydrogen (secondary N) is 1. The first kappa shape index (κ1) is 10.2. The number of hydrogen-bond donors (Lipinski definition) is 1. The van der Waals surface area contributed by atoms with Crippen LogP contribution in [0.3, 0.4) is 0 Å². The first-order chi connectivity index (χ1) is 6.34. The molecule has 3 heteroatoms. The van der Waals surface area contributed by atoms with Crippen LogP contribution in [0.15, 0.2) is 31.1 Å². The van der Waals surface area contributed by atoms with E-state index in [0.29, 0.717) is 5.02 Å². The van der Waals surface area contributed by atoms with Crippen LogP contribution in [-0.2, 0) is 6.54 Å². The van der Waals surface area contributed by atoms with Gasteiger partial charge >= 0.3 is 0 Å². The lowest BCUT2D eigenvalue weighted by atomic mass is 10.2. The number of nitrogens with zero attached hydrogens (tertiary/aromatic N) is 1. The zero-order valence-electron chi connectivity index (χ0n) is 7.46. The monoisotopic (exact) mass is 196 g/mol. The number of hydrogen-bond acceptors (Lipinski definition) is 2. The molecule has 70 valence electrons. The zero-order chi connectivity index (χ0) is 9.52. The predicted molar refractivity (Wildman–Crippen MR) is 55.8 cm³/mol. The molecule has 0 bridgehead atoms. The third-order valence-electron chi connectivity index (χ3n) is 1.70. The molecule has 1 N–H and O–H groups in total. The molecular formula is C10H13ClN2. The van der Waals surface area contributed by atoms with Crippen LogP contribution in [0.2, 0.25) is 5.02 Å². The molecule has 0 aliphatic rings. The van der Waals surface area contributed by atoms with Crippen LogP contribution in [0.5, 0.6) is 0 Å². The van der Waals surface area contributed by atoms with Gasteiger partial charge in [0, 0.05) is 18.9 Å². The van der Waals surface area contributed by atoms with Crippen LogP contribution < -0.4 is 5.32 Å². The van der Waals surface area contributed by atoms with Gasteiger partial charge in [-0.25, -0.2) is 0 Å². The second-order valence-corrected chi connectivity index (χ2v) is 3.13. The van der Waals surface area contributed by atoms with Crippen LogP contribution in [-0.4, -0.2) is 11.5 Å². The van der Waals surface area contributed by atoms with E-state index in [2.05, 4.69) is 16.9 Å². The SMILES string of the molecule is C=CCCNCc1ccncc1Cl. The van der Waals surface area contributed by atoms with Crippen LogP contribution >= 0.6 is 11.6 Å². The van der Waals surface area contributed by atoms with E-state index in [0.717, 1.165) is 25.1 Å². The van der Waals surface area contributed by atoms with Crippen molar-refractivity contribution in [2.24, 2.45) is 0 Å². The number of aromatic nitrogens is 1. The smallest absolute Gasteiger partial charge is 0.0634 e. The van der Waals surface area contributed by atoms with E-state index in [1.54, 1.807) is 12.4 Å². The summed E-state index contributed by atoms with van der Waals surface area (Å²) >= 11 is 5.91. The maximum absolute atomic E-state index is 5.91. The lowest BCUT2D eigenvalue weighted by Gasteiger charge is -2.04. The standard InChI is InChI=1S/C10H13ClN2/c1-2-3-5-12-7-9-4-6-13-8-10(9)11/h2,4,6,8,12H,1,3,5,7H2. The van der Waals surface area contributed by atoms with Crippen molar-refractivity contribution in [2.45, 2.75) is 13.0 Å². The van der Waals surface area contributed by atoms with E-state index in [1.165, 1.54) is 0 Å². The highest BCUT2D eigenvalue weighted by molar-refractivity contribution is 6.31. The molecule has 13 heavy (non-hydrogen) atoms. The fraction of sp³-hybridized carbons (Fsp3) is 0.300. The summed E-state index contributed by atoms with van der Waals surface area (Å²) in [5.74, 6) is 0. The molecule has 0 atom stereocenters. The van der Waals surface area contributed by atoms with Crippen molar-refractivity contribution in [1.82, 2.24) is 10.3 Å². The van der Waals surface area contributed by atoms with Crippen molar-refractivity contribution in [2.75, 3.05) is 6.54 Å². The summed E-state index contributed by atoms with van der Waals surface area (Å²) in [4.78, 5) is 3.91. The van der Waals surface area contributed by atoms with E-state index in [-0.39, 0.29) is 0 Å². The first-order valence-corrected chi connectivity index (χ1v) is 4.62. The van der Waals surface area contributed by atoms with Gasteiger partial charge in [-0.1, -0.05) is 17.7 Å². The van der Waals surface area contributed by atoms with Gasteiger partial charge in [-0.2, -0.15) is 0 Å². The van der Waals surface area contributed by atoms with Gasteiger partial charge in [0.15, 0.2) is 0 Å². The van der Waals surface area contributed by atoms with Crippen LogP contribution in [0.1, 0.15) is 12.0 Å². The van der Waals surface area contributed by atoms with Gasteiger partial charge in [-0.05, 0) is 24.6 Å². The Hall–Kier alpha value is -0.860. The molecule has 1 aromatic rings. The maximum atomic E-state index is 5.91. The minimum absolute atomic E-state index is 0.716. The summed E-state index contributed by atoms with van der Waals surface area (Å²) in [6, 6.07) is 1.92. The normalized spacial score (nSPS) is 9.92. The predicted octanol–water partition coefficient (Wildman–Crippen LogP) is 2.40. The Morgan fingerprint density at radius 3 is 3.15 bits per heavy atom. The Morgan fingerprint density at radius 2 is 2.46 bits per heavy atom. The molecule has 0 fully saturated rings. The van der Waals surface area contributed by atoms with Crippen molar-refractivity contribution in [3.8, 4) is 0 Å². The molecule has 0 saturated heterocycles. The van der Waals surface area contributed by atoms with E-state index in [4.69, 9.17) is 11.6 Å². The highest BCUT2D eigenvalue weighted by Crippen LogP contribution is 2.12. The van der Waals surface area contributed by atoms with Crippen LogP contribution in [0.25, 0.3) is 0 Å². The second kappa shape index (κ2) is 5.73. The van der Waals surface area contributed by atoms with Gasteiger partial charge in [0.25, 0.3) is 0 Å². The molecule has 0 saturated carbocycles. The Kier molecular flexibility index (Phi) is 4.50. The molecule has 0 aliphatic heterocycles. The summed E-state index contributed by atoms with van der Waals surface area (Å²) < 4.78 is 0. The molecule has 1 rings (SSSR count). The van der Waals surface area contributed by atoms with E-state index in [1.807, 2.05) is 12.1 Å². The van der Waals surface area contributed by atoms with Crippen molar-refractivity contribution in [3.05, 3.63) is 41.7 Å². The van der Waals surface area contributed by atoms with Crippen LogP contribution in [0, 0.1) is 0 Å². The quantitative estimate of drug-likeness (QED) is 0.578. The molecule has 0 radical (unpaired) electrons. The maximum Gasteiger partial charge on any atom is 0.0634 e. The molecule has 1 aromatic heterocycles. The van der Waals surface area contributed by atoms with Gasteiger partial charge in [0.05, 0.1) is 5.02 Å². The highest BCUT2D eigenvalue weighted by atomic mass is 35.5. The first-order valence-electron chi connectivity index (χ1n) is 4.24. The highest BCUT2D eigenvalue weighted by Gasteiger charge is 1.97. The molecule has 0 aliphatic carbocycles. The molecule has 0 unspecified atom stereocenters. The Balaban J connectivity index is 2.36. The molecule has 1 heterocycles. The summed E-state index contributed by atoms with van der Waals surface area (Å²) in [7, 11) is 0. The van der Waals surface area contributed by atoms with Gasteiger partial charge in [-0.15, -0.1) is 6.58 Å². The second-order valence-electron chi connectivity index (χ2n) is 2.72. The number of halogens is 1. The largest absolute Gasteiger partial charge is 0.312 e. The van der Waals surface area contributed by atoms with E-state index in [9.17, 15) is 0 Å². The Morgan fingerprint density at radius 1 is 1.62 bits per heavy atom. The fourth-order valence-corrected chi connectivity index (χ4v) is 1.16. The molecule has 0 aromatic carbocycles. The van der Waals surface area contributed by atoms with Crippen molar-refractivity contribution in [3.63, 3.8) is 0 Å². The van der Waals surface area contributed by atoms with Crippen LogP contribution in [0.4, 0.5) is 0 Å². The lowest BCUT2D eigenvalue weighted by Crippen LogP contribution is -2.14. The summed E-state index contributed by atoms with van der Waals surface area (Å²) in [5.41, 5.74) is 1.08. The van der Waals surface area contributed by atoms with Gasteiger partial charge in [-0.3, -0.25) is 4.98 Å².